The molecule has 0 heterocycles. The first-order valence-corrected chi connectivity index (χ1v) is 9.23. The molecule has 1 unspecified atom stereocenters. The Kier molecular flexibility index (Phi) is 6.41. The van der Waals surface area contributed by atoms with E-state index in [0.717, 1.165) is 23.5 Å². The maximum Gasteiger partial charge on any atom is 0.243 e. The number of carbonyl (C=O) groups excluding carboxylic acids is 1. The number of likely N-dealkylation sites (N-methyl/N-ethyl adjacent to an activating group) is 1. The highest BCUT2D eigenvalue weighted by Crippen LogP contribution is 2.18. The molecule has 0 saturated heterocycles. The molecule has 144 valence electrons. The molecular formula is C18H14F2N4O3S. The maximum absolute atomic E-state index is 13.8. The van der Waals surface area contributed by atoms with E-state index in [1.807, 2.05) is 6.07 Å². The van der Waals surface area contributed by atoms with Gasteiger partial charge in [0.15, 0.2) is 0 Å². The van der Waals surface area contributed by atoms with Crippen molar-refractivity contribution in [2.45, 2.75) is 10.9 Å². The van der Waals surface area contributed by atoms with Crippen molar-refractivity contribution in [2.24, 2.45) is 0 Å². The van der Waals surface area contributed by atoms with Crippen LogP contribution in [0, 0.1) is 34.3 Å². The van der Waals surface area contributed by atoms with Crippen LogP contribution in [0.4, 0.5) is 8.78 Å². The largest absolute Gasteiger partial charge is 0.335 e. The van der Waals surface area contributed by atoms with E-state index >= 15 is 0 Å². The number of nitrogens with one attached hydrogen (secondary N) is 1. The normalized spacial score (nSPS) is 12.1. The smallest absolute Gasteiger partial charge is 0.243 e. The first-order chi connectivity index (χ1) is 13.2. The molecule has 0 radical (unpaired) electrons. The molecule has 0 bridgehead atoms. The van der Waals surface area contributed by atoms with Gasteiger partial charge in [-0.1, -0.05) is 6.07 Å². The molecule has 1 N–H and O–H groups in total. The SMILES string of the molecule is CN(CC(=O)NC(C#N)c1ccc(F)cc1F)S(=O)(=O)c1ccc(C#N)cc1. The first kappa shape index (κ1) is 21.0. The maximum atomic E-state index is 13.8. The predicted octanol–water partition coefficient (Wildman–Crippen LogP) is 1.84. The summed E-state index contributed by atoms with van der Waals surface area (Å²) in [5.41, 5.74) is 0.0346. The van der Waals surface area contributed by atoms with Crippen LogP contribution >= 0.6 is 0 Å². The Morgan fingerprint density at radius 1 is 1.18 bits per heavy atom. The minimum absolute atomic E-state index is 0.122. The average Bonchev–Trinajstić information content (AvgIpc) is 2.66. The van der Waals surface area contributed by atoms with Gasteiger partial charge in [0.05, 0.1) is 29.1 Å². The average molecular weight is 404 g/mol. The van der Waals surface area contributed by atoms with Crippen LogP contribution in [0.5, 0.6) is 0 Å². The number of nitriles is 2. The van der Waals surface area contributed by atoms with Gasteiger partial charge in [0, 0.05) is 18.7 Å². The Morgan fingerprint density at radius 2 is 1.82 bits per heavy atom. The summed E-state index contributed by atoms with van der Waals surface area (Å²) in [6.07, 6.45) is 0. The fraction of sp³-hybridized carbons (Fsp3) is 0.167. The number of hydrogen-bond acceptors (Lipinski definition) is 5. The number of halogens is 2. The van der Waals surface area contributed by atoms with Gasteiger partial charge in [-0.15, -0.1) is 0 Å². The van der Waals surface area contributed by atoms with Crippen molar-refractivity contribution in [3.63, 3.8) is 0 Å². The third kappa shape index (κ3) is 4.68. The summed E-state index contributed by atoms with van der Waals surface area (Å²) >= 11 is 0. The van der Waals surface area contributed by atoms with Gasteiger partial charge in [-0.25, -0.2) is 17.2 Å². The van der Waals surface area contributed by atoms with Gasteiger partial charge in [0.25, 0.3) is 0 Å². The van der Waals surface area contributed by atoms with Gasteiger partial charge in [0.1, 0.15) is 17.7 Å². The van der Waals surface area contributed by atoms with Crippen molar-refractivity contribution in [2.75, 3.05) is 13.6 Å². The quantitative estimate of drug-likeness (QED) is 0.789. The van der Waals surface area contributed by atoms with E-state index in [2.05, 4.69) is 5.32 Å². The molecule has 0 fully saturated rings. The summed E-state index contributed by atoms with van der Waals surface area (Å²) in [6.45, 7) is -0.636. The van der Waals surface area contributed by atoms with Crippen molar-refractivity contribution >= 4 is 15.9 Å². The Hall–Kier alpha value is -3.34. The van der Waals surface area contributed by atoms with Crippen LogP contribution in [-0.2, 0) is 14.8 Å². The minimum Gasteiger partial charge on any atom is -0.335 e. The zero-order chi connectivity index (χ0) is 20.9. The summed E-state index contributed by atoms with van der Waals surface area (Å²) in [4.78, 5) is 12.0. The molecule has 28 heavy (non-hydrogen) atoms. The Morgan fingerprint density at radius 3 is 2.36 bits per heavy atom. The summed E-state index contributed by atoms with van der Waals surface area (Å²) in [7, 11) is -2.86. The second kappa shape index (κ2) is 8.57. The fourth-order valence-electron chi connectivity index (χ4n) is 2.29. The Bertz CT molecular complexity index is 1070. The van der Waals surface area contributed by atoms with E-state index in [9.17, 15) is 22.0 Å². The summed E-state index contributed by atoms with van der Waals surface area (Å²) in [6, 6.07) is 9.77. The van der Waals surface area contributed by atoms with Crippen molar-refractivity contribution < 1.29 is 22.0 Å². The van der Waals surface area contributed by atoms with E-state index in [0.29, 0.717) is 6.07 Å². The van der Waals surface area contributed by atoms with E-state index < -0.39 is 40.2 Å². The van der Waals surface area contributed by atoms with Crippen LogP contribution in [0.25, 0.3) is 0 Å². The summed E-state index contributed by atoms with van der Waals surface area (Å²) < 4.78 is 52.5. The second-order valence-corrected chi connectivity index (χ2v) is 7.74. The summed E-state index contributed by atoms with van der Waals surface area (Å²) in [5, 5.41) is 20.1. The molecule has 0 saturated carbocycles. The van der Waals surface area contributed by atoms with Crippen LogP contribution in [0.3, 0.4) is 0 Å². The Labute approximate surface area is 160 Å². The third-order valence-corrected chi connectivity index (χ3v) is 5.58. The lowest BCUT2D eigenvalue weighted by Crippen LogP contribution is -2.39. The Balaban J connectivity index is 2.12. The van der Waals surface area contributed by atoms with E-state index in [1.54, 1.807) is 6.07 Å². The highest BCUT2D eigenvalue weighted by Gasteiger charge is 2.25. The molecule has 0 aliphatic carbocycles. The molecule has 10 heteroatoms. The topological polar surface area (TPSA) is 114 Å². The van der Waals surface area contributed by atoms with E-state index in [1.165, 1.54) is 24.3 Å². The van der Waals surface area contributed by atoms with Crippen molar-refractivity contribution in [1.29, 1.82) is 10.5 Å². The monoisotopic (exact) mass is 404 g/mol. The minimum atomic E-state index is -4.02. The molecule has 2 aromatic carbocycles. The lowest BCUT2D eigenvalue weighted by molar-refractivity contribution is -0.121. The number of sulfonamides is 1. The molecule has 1 atom stereocenters. The summed E-state index contributed by atoms with van der Waals surface area (Å²) in [5.74, 6) is -2.70. The molecule has 0 aromatic heterocycles. The number of amides is 1. The van der Waals surface area contributed by atoms with Crippen molar-refractivity contribution in [3.05, 3.63) is 65.2 Å². The standard InChI is InChI=1S/C18H14F2N4O3S/c1-24(28(26,27)14-5-2-12(9-21)3-6-14)11-18(25)23-17(10-22)15-7-4-13(19)8-16(15)20/h2-8,17H,11H2,1H3,(H,23,25). The third-order valence-electron chi connectivity index (χ3n) is 3.77. The van der Waals surface area contributed by atoms with Crippen LogP contribution in [0.2, 0.25) is 0 Å². The number of hydrogen-bond donors (Lipinski definition) is 1. The lowest BCUT2D eigenvalue weighted by atomic mass is 10.1. The molecule has 2 rings (SSSR count). The molecule has 2 aromatic rings. The second-order valence-electron chi connectivity index (χ2n) is 5.69. The van der Waals surface area contributed by atoms with Crippen LogP contribution in [-0.4, -0.2) is 32.2 Å². The predicted molar refractivity (Wildman–Crippen MR) is 93.8 cm³/mol. The van der Waals surface area contributed by atoms with E-state index in [-0.39, 0.29) is 16.0 Å². The molecule has 0 aliphatic rings. The van der Waals surface area contributed by atoms with Gasteiger partial charge in [-0.2, -0.15) is 14.8 Å². The number of benzene rings is 2. The van der Waals surface area contributed by atoms with Gasteiger partial charge >= 0.3 is 0 Å². The number of nitrogens with zero attached hydrogens (tertiary/aromatic N) is 3. The number of rotatable bonds is 6. The van der Waals surface area contributed by atoms with Crippen LogP contribution in [0.15, 0.2) is 47.4 Å². The van der Waals surface area contributed by atoms with Gasteiger partial charge in [-0.3, -0.25) is 4.79 Å². The highest BCUT2D eigenvalue weighted by atomic mass is 32.2. The van der Waals surface area contributed by atoms with Gasteiger partial charge < -0.3 is 5.32 Å². The molecule has 0 aliphatic heterocycles. The van der Waals surface area contributed by atoms with Crippen molar-refractivity contribution in [3.8, 4) is 12.1 Å². The van der Waals surface area contributed by atoms with Gasteiger partial charge in [0.2, 0.25) is 15.9 Å². The zero-order valence-corrected chi connectivity index (χ0v) is 15.4. The molecule has 1 amide bonds. The van der Waals surface area contributed by atoms with Crippen LogP contribution in [0.1, 0.15) is 17.2 Å². The molecule has 0 spiro atoms. The first-order valence-electron chi connectivity index (χ1n) is 7.79. The zero-order valence-electron chi connectivity index (χ0n) is 14.6. The van der Waals surface area contributed by atoms with Crippen molar-refractivity contribution in [1.82, 2.24) is 9.62 Å². The molecular weight excluding hydrogens is 390 g/mol. The fourth-order valence-corrected chi connectivity index (χ4v) is 3.42. The number of carbonyl (C=O) groups is 1. The van der Waals surface area contributed by atoms with E-state index in [4.69, 9.17) is 10.5 Å². The molecule has 7 nitrogen and oxygen atoms in total. The highest BCUT2D eigenvalue weighted by molar-refractivity contribution is 7.89. The lowest BCUT2D eigenvalue weighted by Gasteiger charge is -2.18. The van der Waals surface area contributed by atoms with Crippen LogP contribution < -0.4 is 5.32 Å². The van der Waals surface area contributed by atoms with Gasteiger partial charge in [-0.05, 0) is 30.3 Å².